The van der Waals surface area contributed by atoms with Crippen molar-refractivity contribution in [1.29, 1.82) is 0 Å². The number of nitrogens with one attached hydrogen (secondary N) is 1. The van der Waals surface area contributed by atoms with E-state index in [4.69, 9.17) is 5.73 Å². The lowest BCUT2D eigenvalue weighted by atomic mass is 10.2. The van der Waals surface area contributed by atoms with Gasteiger partial charge in [0.15, 0.2) is 0 Å². The Labute approximate surface area is 134 Å². The molecule has 0 aliphatic heterocycles. The van der Waals surface area contributed by atoms with Gasteiger partial charge in [0.05, 0.1) is 6.54 Å². The zero-order valence-corrected chi connectivity index (χ0v) is 13.0. The van der Waals surface area contributed by atoms with Gasteiger partial charge in [0.25, 0.3) is 0 Å². The van der Waals surface area contributed by atoms with Crippen molar-refractivity contribution < 1.29 is 4.79 Å². The lowest BCUT2D eigenvalue weighted by Crippen LogP contribution is -2.24. The van der Waals surface area contributed by atoms with Crippen LogP contribution in [0.2, 0.25) is 0 Å². The van der Waals surface area contributed by atoms with Crippen LogP contribution in [-0.4, -0.2) is 21.5 Å². The summed E-state index contributed by atoms with van der Waals surface area (Å²) in [5.41, 5.74) is 6.88. The van der Waals surface area contributed by atoms with Crippen LogP contribution in [-0.2, 0) is 11.3 Å². The van der Waals surface area contributed by atoms with Crippen LogP contribution in [0.1, 0.15) is 18.9 Å². The molecule has 2 aromatic rings. The molecule has 1 amide bonds. The Balaban J connectivity index is 0.00000242. The molecule has 1 aromatic heterocycles. The van der Waals surface area contributed by atoms with Gasteiger partial charge in [0.1, 0.15) is 0 Å². The summed E-state index contributed by atoms with van der Waals surface area (Å²) < 4.78 is 1.50. The molecule has 0 fully saturated rings. The van der Waals surface area contributed by atoms with Crippen LogP contribution in [0.25, 0.3) is 0 Å². The van der Waals surface area contributed by atoms with Crippen molar-refractivity contribution in [1.82, 2.24) is 9.55 Å². The molecular formula is C15H19ClN4O2. The van der Waals surface area contributed by atoms with E-state index in [1.165, 1.54) is 10.8 Å². The number of aromatic nitrogens is 2. The van der Waals surface area contributed by atoms with Crippen molar-refractivity contribution >= 4 is 24.0 Å². The number of amides is 1. The minimum absolute atomic E-state index is 0. The number of benzene rings is 1. The Bertz CT molecular complexity index is 685. The molecule has 1 aromatic carbocycles. The van der Waals surface area contributed by atoms with Gasteiger partial charge in [-0.1, -0.05) is 12.1 Å². The second-order valence-corrected chi connectivity index (χ2v) is 4.96. The van der Waals surface area contributed by atoms with E-state index in [-0.39, 0.29) is 36.5 Å². The Morgan fingerprint density at radius 1 is 1.41 bits per heavy atom. The molecule has 3 N–H and O–H groups in total. The Morgan fingerprint density at radius 2 is 2.18 bits per heavy atom. The SMILES string of the molecule is CC(N)CC(=O)Nc1cccc(Cn2cccnc2=O)c1.Cl. The maximum Gasteiger partial charge on any atom is 0.347 e. The molecule has 118 valence electrons. The minimum Gasteiger partial charge on any atom is -0.327 e. The van der Waals surface area contributed by atoms with E-state index in [0.717, 1.165) is 5.56 Å². The largest absolute Gasteiger partial charge is 0.347 e. The van der Waals surface area contributed by atoms with Crippen LogP contribution in [0.3, 0.4) is 0 Å². The lowest BCUT2D eigenvalue weighted by Gasteiger charge is -2.09. The molecule has 0 saturated carbocycles. The molecule has 6 nitrogen and oxygen atoms in total. The van der Waals surface area contributed by atoms with Crippen LogP contribution >= 0.6 is 12.4 Å². The first-order valence-electron chi connectivity index (χ1n) is 6.70. The Morgan fingerprint density at radius 3 is 2.86 bits per heavy atom. The third-order valence-corrected chi connectivity index (χ3v) is 2.85. The number of anilines is 1. The smallest absolute Gasteiger partial charge is 0.327 e. The van der Waals surface area contributed by atoms with E-state index in [1.54, 1.807) is 25.3 Å². The maximum absolute atomic E-state index is 11.7. The predicted molar refractivity (Wildman–Crippen MR) is 88.2 cm³/mol. The van der Waals surface area contributed by atoms with Crippen LogP contribution in [0.4, 0.5) is 5.69 Å². The van der Waals surface area contributed by atoms with Crippen LogP contribution < -0.4 is 16.7 Å². The number of rotatable bonds is 5. The second kappa shape index (κ2) is 8.31. The summed E-state index contributed by atoms with van der Waals surface area (Å²) in [6, 6.07) is 8.88. The van der Waals surface area contributed by atoms with E-state index < -0.39 is 0 Å². The number of halogens is 1. The van der Waals surface area contributed by atoms with Gasteiger partial charge in [-0.25, -0.2) is 9.78 Å². The molecule has 7 heteroatoms. The van der Waals surface area contributed by atoms with E-state index in [0.29, 0.717) is 12.2 Å². The number of hydrogen-bond donors (Lipinski definition) is 2. The lowest BCUT2D eigenvalue weighted by molar-refractivity contribution is -0.116. The minimum atomic E-state index is -0.302. The van der Waals surface area contributed by atoms with Crippen molar-refractivity contribution in [2.75, 3.05) is 5.32 Å². The fourth-order valence-electron chi connectivity index (χ4n) is 1.96. The van der Waals surface area contributed by atoms with E-state index in [9.17, 15) is 9.59 Å². The van der Waals surface area contributed by atoms with Gasteiger partial charge < -0.3 is 11.1 Å². The monoisotopic (exact) mass is 322 g/mol. The third-order valence-electron chi connectivity index (χ3n) is 2.85. The van der Waals surface area contributed by atoms with Gasteiger partial charge in [0, 0.05) is 30.5 Å². The van der Waals surface area contributed by atoms with Crippen molar-refractivity contribution in [2.24, 2.45) is 5.73 Å². The van der Waals surface area contributed by atoms with Gasteiger partial charge in [-0.3, -0.25) is 9.36 Å². The van der Waals surface area contributed by atoms with Crippen molar-refractivity contribution in [3.05, 3.63) is 58.8 Å². The molecule has 1 unspecified atom stereocenters. The molecule has 0 saturated heterocycles. The summed E-state index contributed by atoms with van der Waals surface area (Å²) in [4.78, 5) is 27.0. The molecule has 0 bridgehead atoms. The van der Waals surface area contributed by atoms with E-state index in [1.807, 2.05) is 18.2 Å². The topological polar surface area (TPSA) is 90.0 Å². The molecule has 1 heterocycles. The van der Waals surface area contributed by atoms with Crippen molar-refractivity contribution in [3.8, 4) is 0 Å². The summed E-state index contributed by atoms with van der Waals surface area (Å²) in [6.07, 6.45) is 3.41. The Hall–Kier alpha value is -2.18. The summed E-state index contributed by atoms with van der Waals surface area (Å²) >= 11 is 0. The Kier molecular flexibility index (Phi) is 6.75. The molecular weight excluding hydrogens is 304 g/mol. The highest BCUT2D eigenvalue weighted by molar-refractivity contribution is 5.91. The quantitative estimate of drug-likeness (QED) is 0.870. The number of carbonyl (C=O) groups excluding carboxylic acids is 1. The molecule has 2 rings (SSSR count). The number of nitrogens with two attached hydrogens (primary N) is 1. The summed E-state index contributed by atoms with van der Waals surface area (Å²) in [7, 11) is 0. The second-order valence-electron chi connectivity index (χ2n) is 4.96. The highest BCUT2D eigenvalue weighted by Crippen LogP contribution is 2.12. The van der Waals surface area contributed by atoms with Gasteiger partial charge in [-0.2, -0.15) is 0 Å². The van der Waals surface area contributed by atoms with E-state index >= 15 is 0 Å². The van der Waals surface area contributed by atoms with Crippen LogP contribution in [0.5, 0.6) is 0 Å². The molecule has 1 atom stereocenters. The fraction of sp³-hybridized carbons (Fsp3) is 0.267. The molecule has 0 aliphatic rings. The summed E-state index contributed by atoms with van der Waals surface area (Å²) in [5.74, 6) is -0.124. The molecule has 0 aliphatic carbocycles. The summed E-state index contributed by atoms with van der Waals surface area (Å²) in [6.45, 7) is 2.19. The van der Waals surface area contributed by atoms with E-state index in [2.05, 4.69) is 10.3 Å². The first-order valence-corrected chi connectivity index (χ1v) is 6.70. The van der Waals surface area contributed by atoms with Crippen molar-refractivity contribution in [2.45, 2.75) is 25.9 Å². The third kappa shape index (κ3) is 5.31. The normalized spacial score (nSPS) is 11.4. The van der Waals surface area contributed by atoms with Crippen LogP contribution in [0.15, 0.2) is 47.5 Å². The maximum atomic E-state index is 11.7. The van der Waals surface area contributed by atoms with Crippen LogP contribution in [0, 0.1) is 0 Å². The fourth-order valence-corrected chi connectivity index (χ4v) is 1.96. The van der Waals surface area contributed by atoms with Gasteiger partial charge in [0.2, 0.25) is 5.91 Å². The number of carbonyl (C=O) groups is 1. The highest BCUT2D eigenvalue weighted by atomic mass is 35.5. The molecule has 0 spiro atoms. The average Bonchev–Trinajstić information content (AvgIpc) is 2.41. The zero-order valence-electron chi connectivity index (χ0n) is 12.2. The number of nitrogens with zero attached hydrogens (tertiary/aromatic N) is 2. The molecule has 22 heavy (non-hydrogen) atoms. The zero-order chi connectivity index (χ0) is 15.2. The standard InChI is InChI=1S/C15H18N4O2.ClH/c1-11(16)8-14(20)18-13-5-2-4-12(9-13)10-19-7-3-6-17-15(19)21;/h2-7,9,11H,8,10,16H2,1H3,(H,18,20);1H. The number of hydrogen-bond acceptors (Lipinski definition) is 4. The first kappa shape index (κ1) is 17.9. The van der Waals surface area contributed by atoms with Crippen molar-refractivity contribution in [3.63, 3.8) is 0 Å². The highest BCUT2D eigenvalue weighted by Gasteiger charge is 2.06. The first-order chi connectivity index (χ1) is 10.0. The summed E-state index contributed by atoms with van der Waals surface area (Å²) in [5, 5.41) is 2.79. The predicted octanol–water partition coefficient (Wildman–Crippen LogP) is 1.39. The van der Waals surface area contributed by atoms with Gasteiger partial charge >= 0.3 is 5.69 Å². The molecule has 0 radical (unpaired) electrons. The average molecular weight is 323 g/mol. The van der Waals surface area contributed by atoms with Gasteiger partial charge in [-0.05, 0) is 30.7 Å². The van der Waals surface area contributed by atoms with Gasteiger partial charge in [-0.15, -0.1) is 12.4 Å².